The Morgan fingerprint density at radius 2 is 2.39 bits per heavy atom. The number of nitrogens with one attached hydrogen (secondary N) is 1. The van der Waals surface area contributed by atoms with Crippen molar-refractivity contribution in [1.82, 2.24) is 5.32 Å². The Morgan fingerprint density at radius 1 is 1.50 bits per heavy atom. The number of carbonyl (C=O) groups excluding carboxylic acids is 1. The first-order valence-corrected chi connectivity index (χ1v) is 6.34. The second-order valence-electron chi connectivity index (χ2n) is 4.38. The molecule has 1 heterocycles. The van der Waals surface area contributed by atoms with Crippen LogP contribution in [-0.4, -0.2) is 32.8 Å². The van der Waals surface area contributed by atoms with Gasteiger partial charge in [-0.2, -0.15) is 0 Å². The zero-order valence-electron chi connectivity index (χ0n) is 10.7. The zero-order valence-corrected chi connectivity index (χ0v) is 10.7. The van der Waals surface area contributed by atoms with Crippen molar-refractivity contribution in [3.05, 3.63) is 29.3 Å². The summed E-state index contributed by atoms with van der Waals surface area (Å²) >= 11 is 0. The molecule has 0 unspecified atom stereocenters. The molecule has 1 aromatic rings. The molecule has 4 nitrogen and oxygen atoms in total. The molecule has 1 aromatic carbocycles. The molecule has 4 heteroatoms. The number of ether oxygens (including phenoxy) is 2. The van der Waals surface area contributed by atoms with Crippen molar-refractivity contribution in [3.63, 3.8) is 0 Å². The fourth-order valence-electron chi connectivity index (χ4n) is 2.02. The number of carbonyl (C=O) groups is 1. The Balaban J connectivity index is 1.94. The van der Waals surface area contributed by atoms with Crippen LogP contribution in [0.25, 0.3) is 0 Å². The summed E-state index contributed by atoms with van der Waals surface area (Å²) in [7, 11) is 1.66. The van der Waals surface area contributed by atoms with E-state index in [1.165, 1.54) is 0 Å². The number of aryl methyl sites for hydroxylation is 1. The number of fused-ring (bicyclic) bond motifs is 1. The predicted molar refractivity (Wildman–Crippen MR) is 69.1 cm³/mol. The lowest BCUT2D eigenvalue weighted by atomic mass is 10.0. The lowest BCUT2D eigenvalue weighted by Crippen LogP contribution is -2.25. The molecule has 0 aliphatic carbocycles. The van der Waals surface area contributed by atoms with E-state index in [0.717, 1.165) is 37.2 Å². The van der Waals surface area contributed by atoms with Crippen LogP contribution in [0, 0.1) is 0 Å². The molecule has 2 rings (SSSR count). The Hall–Kier alpha value is -1.55. The maximum Gasteiger partial charge on any atom is 0.251 e. The van der Waals surface area contributed by atoms with Crippen molar-refractivity contribution in [3.8, 4) is 5.75 Å². The fraction of sp³-hybridized carbons (Fsp3) is 0.500. The highest BCUT2D eigenvalue weighted by atomic mass is 16.5. The van der Waals surface area contributed by atoms with Crippen LogP contribution >= 0.6 is 0 Å². The molecule has 0 spiro atoms. The van der Waals surface area contributed by atoms with Gasteiger partial charge in [-0.3, -0.25) is 4.79 Å². The standard InChI is InChI=1S/C14H19NO3/c1-17-8-3-7-15-14(16)12-5-6-13-11(10-12)4-2-9-18-13/h5-6,10H,2-4,7-9H2,1H3,(H,15,16). The molecule has 1 amide bonds. The Morgan fingerprint density at radius 3 is 3.22 bits per heavy atom. The van der Waals surface area contributed by atoms with Crippen molar-refractivity contribution in [2.75, 3.05) is 26.9 Å². The molecule has 0 aromatic heterocycles. The molecule has 0 bridgehead atoms. The van der Waals surface area contributed by atoms with E-state index in [1.54, 1.807) is 7.11 Å². The minimum Gasteiger partial charge on any atom is -0.493 e. The van der Waals surface area contributed by atoms with E-state index in [1.807, 2.05) is 18.2 Å². The van der Waals surface area contributed by atoms with Crippen LogP contribution in [0.3, 0.4) is 0 Å². The van der Waals surface area contributed by atoms with Gasteiger partial charge in [-0.15, -0.1) is 0 Å². The summed E-state index contributed by atoms with van der Waals surface area (Å²) in [5.74, 6) is 0.886. The number of methoxy groups -OCH3 is 1. The van der Waals surface area contributed by atoms with E-state index >= 15 is 0 Å². The van der Waals surface area contributed by atoms with Gasteiger partial charge in [0.25, 0.3) is 5.91 Å². The number of benzene rings is 1. The van der Waals surface area contributed by atoms with E-state index in [2.05, 4.69) is 5.32 Å². The second-order valence-corrected chi connectivity index (χ2v) is 4.38. The third-order valence-corrected chi connectivity index (χ3v) is 2.98. The van der Waals surface area contributed by atoms with Gasteiger partial charge in [-0.05, 0) is 43.0 Å². The summed E-state index contributed by atoms with van der Waals surface area (Å²) in [5, 5.41) is 2.88. The lowest BCUT2D eigenvalue weighted by molar-refractivity contribution is 0.0948. The van der Waals surface area contributed by atoms with Gasteiger partial charge in [0.1, 0.15) is 5.75 Å². The molecule has 98 valence electrons. The highest BCUT2D eigenvalue weighted by molar-refractivity contribution is 5.94. The van der Waals surface area contributed by atoms with E-state index in [4.69, 9.17) is 9.47 Å². The van der Waals surface area contributed by atoms with Crippen molar-refractivity contribution in [2.24, 2.45) is 0 Å². The molecule has 1 aliphatic heterocycles. The third kappa shape index (κ3) is 3.23. The van der Waals surface area contributed by atoms with Gasteiger partial charge in [0.15, 0.2) is 0 Å². The number of hydrogen-bond donors (Lipinski definition) is 1. The van der Waals surface area contributed by atoms with Gasteiger partial charge in [0, 0.05) is 25.8 Å². The molecule has 0 atom stereocenters. The van der Waals surface area contributed by atoms with Gasteiger partial charge in [-0.1, -0.05) is 0 Å². The molecular formula is C14H19NO3. The van der Waals surface area contributed by atoms with Crippen molar-refractivity contribution in [1.29, 1.82) is 0 Å². The molecule has 1 N–H and O–H groups in total. The quantitative estimate of drug-likeness (QED) is 0.809. The summed E-state index contributed by atoms with van der Waals surface area (Å²) in [6.45, 7) is 2.08. The highest BCUT2D eigenvalue weighted by Crippen LogP contribution is 2.25. The van der Waals surface area contributed by atoms with Crippen LogP contribution in [0.1, 0.15) is 28.8 Å². The normalized spacial score (nSPS) is 13.6. The average molecular weight is 249 g/mol. The molecule has 0 fully saturated rings. The number of rotatable bonds is 5. The Labute approximate surface area is 107 Å². The first-order valence-electron chi connectivity index (χ1n) is 6.34. The average Bonchev–Trinajstić information content (AvgIpc) is 2.43. The van der Waals surface area contributed by atoms with Crippen LogP contribution in [-0.2, 0) is 11.2 Å². The second kappa shape index (κ2) is 6.40. The van der Waals surface area contributed by atoms with E-state index < -0.39 is 0 Å². The molecule has 0 saturated heterocycles. The van der Waals surface area contributed by atoms with Gasteiger partial charge in [0.2, 0.25) is 0 Å². The summed E-state index contributed by atoms with van der Waals surface area (Å²) in [6, 6.07) is 5.63. The maximum absolute atomic E-state index is 11.9. The Kier molecular flexibility index (Phi) is 4.59. The molecule has 0 radical (unpaired) electrons. The minimum absolute atomic E-state index is 0.0283. The van der Waals surface area contributed by atoms with E-state index in [9.17, 15) is 4.79 Å². The van der Waals surface area contributed by atoms with Crippen LogP contribution in [0.4, 0.5) is 0 Å². The summed E-state index contributed by atoms with van der Waals surface area (Å²) < 4.78 is 10.5. The van der Waals surface area contributed by atoms with Crippen LogP contribution in [0.15, 0.2) is 18.2 Å². The monoisotopic (exact) mass is 249 g/mol. The topological polar surface area (TPSA) is 47.6 Å². The third-order valence-electron chi connectivity index (χ3n) is 2.98. The molecule has 0 saturated carbocycles. The van der Waals surface area contributed by atoms with Crippen molar-refractivity contribution >= 4 is 5.91 Å². The summed E-state index contributed by atoms with van der Waals surface area (Å²) in [5.41, 5.74) is 1.84. The fourth-order valence-corrected chi connectivity index (χ4v) is 2.02. The Bertz CT molecular complexity index is 418. The smallest absolute Gasteiger partial charge is 0.251 e. The van der Waals surface area contributed by atoms with Crippen molar-refractivity contribution < 1.29 is 14.3 Å². The van der Waals surface area contributed by atoms with Crippen LogP contribution in [0.5, 0.6) is 5.75 Å². The van der Waals surface area contributed by atoms with E-state index in [-0.39, 0.29) is 5.91 Å². The van der Waals surface area contributed by atoms with Gasteiger partial charge in [0.05, 0.1) is 6.61 Å². The SMILES string of the molecule is COCCCNC(=O)c1ccc2c(c1)CCCO2. The van der Waals surface area contributed by atoms with Crippen LogP contribution < -0.4 is 10.1 Å². The molecule has 18 heavy (non-hydrogen) atoms. The first kappa shape index (κ1) is 12.9. The molecular weight excluding hydrogens is 230 g/mol. The minimum atomic E-state index is -0.0283. The maximum atomic E-state index is 11.9. The van der Waals surface area contributed by atoms with Gasteiger partial charge < -0.3 is 14.8 Å². The zero-order chi connectivity index (χ0) is 12.8. The predicted octanol–water partition coefficient (Wildman–Crippen LogP) is 1.78. The summed E-state index contributed by atoms with van der Waals surface area (Å²) in [6.07, 6.45) is 2.84. The van der Waals surface area contributed by atoms with E-state index in [0.29, 0.717) is 18.7 Å². The lowest BCUT2D eigenvalue weighted by Gasteiger charge is -2.17. The van der Waals surface area contributed by atoms with Gasteiger partial charge >= 0.3 is 0 Å². The number of hydrogen-bond acceptors (Lipinski definition) is 3. The van der Waals surface area contributed by atoms with Crippen molar-refractivity contribution in [2.45, 2.75) is 19.3 Å². The first-order chi connectivity index (χ1) is 8.81. The number of amides is 1. The largest absolute Gasteiger partial charge is 0.493 e. The summed E-state index contributed by atoms with van der Waals surface area (Å²) in [4.78, 5) is 11.9. The van der Waals surface area contributed by atoms with Gasteiger partial charge in [-0.25, -0.2) is 0 Å². The molecule has 1 aliphatic rings. The van der Waals surface area contributed by atoms with Crippen LogP contribution in [0.2, 0.25) is 0 Å². The highest BCUT2D eigenvalue weighted by Gasteiger charge is 2.13.